The predicted molar refractivity (Wildman–Crippen MR) is 103 cm³/mol. The van der Waals surface area contributed by atoms with Crippen LogP contribution in [0.4, 0.5) is 0 Å². The first kappa shape index (κ1) is 18.2. The maximum Gasteiger partial charge on any atom is 0.236 e. The normalized spacial score (nSPS) is 21.4. The van der Waals surface area contributed by atoms with Gasteiger partial charge in [-0.05, 0) is 34.5 Å². The fourth-order valence-electron chi connectivity index (χ4n) is 3.70. The Labute approximate surface area is 159 Å². The average molecular weight is 370 g/mol. The number of carbonyl (C=O) groups is 1. The van der Waals surface area contributed by atoms with Crippen molar-refractivity contribution in [3.05, 3.63) is 42.0 Å². The van der Waals surface area contributed by atoms with Crippen molar-refractivity contribution in [1.29, 1.82) is 0 Å². The number of hydrogen-bond donors (Lipinski definition) is 0. The second kappa shape index (κ2) is 8.25. The molecule has 2 aliphatic rings. The summed E-state index contributed by atoms with van der Waals surface area (Å²) in [6.45, 7) is 5.37. The molecule has 1 unspecified atom stereocenters. The number of nitrogens with zero attached hydrogens (tertiary/aromatic N) is 2. The van der Waals surface area contributed by atoms with Crippen LogP contribution in [0.25, 0.3) is 10.8 Å². The highest BCUT2D eigenvalue weighted by Gasteiger charge is 2.27. The van der Waals surface area contributed by atoms with Crippen LogP contribution in [0.5, 0.6) is 5.75 Å². The summed E-state index contributed by atoms with van der Waals surface area (Å²) >= 11 is 0. The Balaban J connectivity index is 1.44. The van der Waals surface area contributed by atoms with E-state index in [2.05, 4.69) is 29.2 Å². The van der Waals surface area contributed by atoms with E-state index < -0.39 is 0 Å². The smallest absolute Gasteiger partial charge is 0.236 e. The molecular formula is C21H26N2O4. The van der Waals surface area contributed by atoms with Crippen molar-refractivity contribution < 1.29 is 19.0 Å². The molecule has 2 aromatic carbocycles. The lowest BCUT2D eigenvalue weighted by Gasteiger charge is -2.35. The summed E-state index contributed by atoms with van der Waals surface area (Å²) in [4.78, 5) is 16.8. The van der Waals surface area contributed by atoms with Crippen LogP contribution in [-0.4, -0.2) is 75.4 Å². The molecule has 1 amide bonds. The number of carbonyl (C=O) groups excluding carboxylic acids is 1. The zero-order valence-electron chi connectivity index (χ0n) is 15.7. The Morgan fingerprint density at radius 2 is 1.85 bits per heavy atom. The van der Waals surface area contributed by atoms with Crippen molar-refractivity contribution in [2.45, 2.75) is 6.10 Å². The standard InChI is InChI=1S/C21H26N2O4/c1-25-19-5-4-16-12-18(3-2-17(16)13-19)20-14-23(8-11-27-20)21(24)15-22-6-9-26-10-7-22/h2-5,12-13,20H,6-11,14-15H2,1H3. The fourth-order valence-corrected chi connectivity index (χ4v) is 3.70. The highest BCUT2D eigenvalue weighted by Crippen LogP contribution is 2.28. The predicted octanol–water partition coefficient (Wildman–Crippen LogP) is 2.08. The van der Waals surface area contributed by atoms with Crippen LogP contribution in [0.1, 0.15) is 11.7 Å². The monoisotopic (exact) mass is 370 g/mol. The summed E-state index contributed by atoms with van der Waals surface area (Å²) in [6.07, 6.45) is -0.0844. The molecule has 4 rings (SSSR count). The van der Waals surface area contributed by atoms with Gasteiger partial charge in [-0.25, -0.2) is 0 Å². The number of ether oxygens (including phenoxy) is 3. The molecule has 0 spiro atoms. The molecule has 0 N–H and O–H groups in total. The van der Waals surface area contributed by atoms with Crippen molar-refractivity contribution in [2.24, 2.45) is 0 Å². The van der Waals surface area contributed by atoms with Crippen LogP contribution < -0.4 is 4.74 Å². The van der Waals surface area contributed by atoms with Gasteiger partial charge in [-0.15, -0.1) is 0 Å². The Kier molecular flexibility index (Phi) is 5.57. The van der Waals surface area contributed by atoms with Gasteiger partial charge in [0.05, 0.1) is 40.0 Å². The lowest BCUT2D eigenvalue weighted by atomic mass is 10.0. The van der Waals surface area contributed by atoms with Gasteiger partial charge in [0.25, 0.3) is 0 Å². The van der Waals surface area contributed by atoms with Crippen molar-refractivity contribution in [2.75, 3.05) is 59.7 Å². The molecule has 0 saturated carbocycles. The highest BCUT2D eigenvalue weighted by atomic mass is 16.5. The number of benzene rings is 2. The van der Waals surface area contributed by atoms with E-state index in [1.54, 1.807) is 7.11 Å². The molecule has 2 aromatic rings. The van der Waals surface area contributed by atoms with Gasteiger partial charge in [0.2, 0.25) is 5.91 Å². The Hall–Kier alpha value is -2.15. The van der Waals surface area contributed by atoms with Crippen molar-refractivity contribution >= 4 is 16.7 Å². The SMILES string of the molecule is COc1ccc2cc(C3CN(C(=O)CN4CCOCC4)CCO3)ccc2c1. The van der Waals surface area contributed by atoms with Crippen LogP contribution in [0.15, 0.2) is 36.4 Å². The van der Waals surface area contributed by atoms with E-state index in [0.717, 1.165) is 35.2 Å². The van der Waals surface area contributed by atoms with Gasteiger partial charge in [-0.1, -0.05) is 18.2 Å². The van der Waals surface area contributed by atoms with Crippen molar-refractivity contribution in [3.8, 4) is 5.75 Å². The van der Waals surface area contributed by atoms with E-state index in [-0.39, 0.29) is 12.0 Å². The molecule has 27 heavy (non-hydrogen) atoms. The minimum atomic E-state index is -0.0844. The second-order valence-electron chi connectivity index (χ2n) is 7.06. The molecule has 2 fully saturated rings. The van der Waals surface area contributed by atoms with Crippen LogP contribution >= 0.6 is 0 Å². The first-order valence-electron chi connectivity index (χ1n) is 9.50. The van der Waals surface area contributed by atoms with Crippen molar-refractivity contribution in [3.63, 3.8) is 0 Å². The number of fused-ring (bicyclic) bond motifs is 1. The zero-order valence-corrected chi connectivity index (χ0v) is 15.7. The minimum Gasteiger partial charge on any atom is -0.497 e. The summed E-state index contributed by atoms with van der Waals surface area (Å²) in [5, 5.41) is 2.28. The summed E-state index contributed by atoms with van der Waals surface area (Å²) in [7, 11) is 1.67. The quantitative estimate of drug-likeness (QED) is 0.825. The molecule has 2 heterocycles. The second-order valence-corrected chi connectivity index (χ2v) is 7.06. The van der Waals surface area contributed by atoms with Gasteiger partial charge in [-0.3, -0.25) is 9.69 Å². The summed E-state index contributed by atoms with van der Waals surface area (Å²) in [5.74, 6) is 1.03. The van der Waals surface area contributed by atoms with E-state index in [9.17, 15) is 4.79 Å². The fraction of sp³-hybridized carbons (Fsp3) is 0.476. The van der Waals surface area contributed by atoms with Gasteiger partial charge in [0.15, 0.2) is 0 Å². The largest absolute Gasteiger partial charge is 0.497 e. The maximum atomic E-state index is 12.7. The molecule has 0 radical (unpaired) electrons. The lowest BCUT2D eigenvalue weighted by molar-refractivity contribution is -0.141. The Morgan fingerprint density at radius 1 is 1.07 bits per heavy atom. The summed E-state index contributed by atoms with van der Waals surface area (Å²) < 4.78 is 16.6. The molecule has 144 valence electrons. The molecule has 1 atom stereocenters. The number of amides is 1. The third-order valence-electron chi connectivity index (χ3n) is 5.32. The molecular weight excluding hydrogens is 344 g/mol. The van der Waals surface area contributed by atoms with Gasteiger partial charge in [0.1, 0.15) is 11.9 Å². The van der Waals surface area contributed by atoms with Crippen LogP contribution in [0.3, 0.4) is 0 Å². The number of rotatable bonds is 4. The average Bonchev–Trinajstić information content (AvgIpc) is 2.73. The molecule has 2 aliphatic heterocycles. The van der Waals surface area contributed by atoms with Gasteiger partial charge in [0, 0.05) is 19.6 Å². The molecule has 6 heteroatoms. The van der Waals surface area contributed by atoms with Gasteiger partial charge < -0.3 is 19.1 Å². The number of hydrogen-bond acceptors (Lipinski definition) is 5. The molecule has 0 aromatic heterocycles. The third kappa shape index (κ3) is 4.24. The Morgan fingerprint density at radius 3 is 2.67 bits per heavy atom. The van der Waals surface area contributed by atoms with Crippen LogP contribution in [0.2, 0.25) is 0 Å². The maximum absolute atomic E-state index is 12.7. The van der Waals surface area contributed by atoms with E-state index in [0.29, 0.717) is 39.5 Å². The van der Waals surface area contributed by atoms with Crippen LogP contribution in [-0.2, 0) is 14.3 Å². The van der Waals surface area contributed by atoms with Gasteiger partial charge >= 0.3 is 0 Å². The van der Waals surface area contributed by atoms with E-state index in [1.165, 1.54) is 0 Å². The van der Waals surface area contributed by atoms with Gasteiger partial charge in [-0.2, -0.15) is 0 Å². The van der Waals surface area contributed by atoms with E-state index in [4.69, 9.17) is 14.2 Å². The first-order valence-corrected chi connectivity index (χ1v) is 9.50. The molecule has 2 saturated heterocycles. The molecule has 0 aliphatic carbocycles. The van der Waals surface area contributed by atoms with E-state index >= 15 is 0 Å². The summed E-state index contributed by atoms with van der Waals surface area (Å²) in [6, 6.07) is 12.4. The van der Waals surface area contributed by atoms with Crippen molar-refractivity contribution in [1.82, 2.24) is 9.80 Å². The number of morpholine rings is 2. The topological polar surface area (TPSA) is 51.2 Å². The minimum absolute atomic E-state index is 0.0844. The lowest BCUT2D eigenvalue weighted by Crippen LogP contribution is -2.48. The third-order valence-corrected chi connectivity index (χ3v) is 5.32. The molecule has 0 bridgehead atoms. The summed E-state index contributed by atoms with van der Waals surface area (Å²) in [5.41, 5.74) is 1.11. The Bertz CT molecular complexity index is 804. The number of methoxy groups -OCH3 is 1. The van der Waals surface area contributed by atoms with E-state index in [1.807, 2.05) is 17.0 Å². The molecule has 6 nitrogen and oxygen atoms in total. The highest BCUT2D eigenvalue weighted by molar-refractivity contribution is 5.84. The van der Waals surface area contributed by atoms with Crippen LogP contribution in [0, 0.1) is 0 Å². The zero-order chi connectivity index (χ0) is 18.6. The first-order chi connectivity index (χ1) is 13.2.